The molecule has 0 spiro atoms. The Balaban J connectivity index is 2.21. The molecule has 1 atom stereocenters. The lowest BCUT2D eigenvalue weighted by molar-refractivity contribution is -0.274. The number of halogens is 3. The average Bonchev–Trinajstić information content (AvgIpc) is 2.57. The van der Waals surface area contributed by atoms with Crippen LogP contribution in [0.1, 0.15) is 11.6 Å². The van der Waals surface area contributed by atoms with Crippen LogP contribution in [0.25, 0.3) is 0 Å². The lowest BCUT2D eigenvalue weighted by Crippen LogP contribution is -2.17. The fourth-order valence-corrected chi connectivity index (χ4v) is 1.63. The summed E-state index contributed by atoms with van der Waals surface area (Å²) in [4.78, 5) is 0. The molecule has 3 nitrogen and oxygen atoms in total. The van der Waals surface area contributed by atoms with Crippen molar-refractivity contribution in [3.05, 3.63) is 23.8 Å². The molecule has 0 aromatic heterocycles. The van der Waals surface area contributed by atoms with Crippen molar-refractivity contribution in [1.82, 2.24) is 5.32 Å². The Morgan fingerprint density at radius 1 is 1.44 bits per heavy atom. The van der Waals surface area contributed by atoms with Crippen LogP contribution in [0.2, 0.25) is 0 Å². The number of rotatable bonds is 2. The second-order valence-electron chi connectivity index (χ2n) is 3.40. The second kappa shape index (κ2) is 3.86. The molecule has 0 aliphatic carbocycles. The van der Waals surface area contributed by atoms with E-state index < -0.39 is 6.36 Å². The summed E-state index contributed by atoms with van der Waals surface area (Å²) in [5.41, 5.74) is 0.844. The van der Waals surface area contributed by atoms with Gasteiger partial charge in [0.15, 0.2) is 0 Å². The molecule has 0 bridgehead atoms. The van der Waals surface area contributed by atoms with Gasteiger partial charge in [-0.2, -0.15) is 0 Å². The molecule has 1 unspecified atom stereocenters. The van der Waals surface area contributed by atoms with E-state index in [9.17, 15) is 13.2 Å². The monoisotopic (exact) mass is 233 g/mol. The lowest BCUT2D eigenvalue weighted by atomic mass is 10.1. The van der Waals surface area contributed by atoms with E-state index in [0.29, 0.717) is 12.4 Å². The smallest absolute Gasteiger partial charge is 0.491 e. The first kappa shape index (κ1) is 11.1. The van der Waals surface area contributed by atoms with E-state index in [1.165, 1.54) is 12.1 Å². The van der Waals surface area contributed by atoms with E-state index in [0.717, 1.165) is 5.56 Å². The maximum atomic E-state index is 12.0. The summed E-state index contributed by atoms with van der Waals surface area (Å²) in [6.45, 7) is 0.418. The first-order valence-electron chi connectivity index (χ1n) is 4.69. The third kappa shape index (κ3) is 2.21. The summed E-state index contributed by atoms with van der Waals surface area (Å²) < 4.78 is 44.9. The van der Waals surface area contributed by atoms with Gasteiger partial charge in [0, 0.05) is 11.6 Å². The van der Waals surface area contributed by atoms with Gasteiger partial charge in [-0.05, 0) is 19.2 Å². The summed E-state index contributed by atoms with van der Waals surface area (Å²) in [6, 6.07) is 4.13. The molecule has 16 heavy (non-hydrogen) atoms. The van der Waals surface area contributed by atoms with Crippen molar-refractivity contribution in [3.63, 3.8) is 0 Å². The van der Waals surface area contributed by atoms with Crippen molar-refractivity contribution >= 4 is 0 Å². The van der Waals surface area contributed by atoms with Crippen LogP contribution in [0.15, 0.2) is 18.2 Å². The second-order valence-corrected chi connectivity index (χ2v) is 3.40. The molecule has 0 fully saturated rings. The Morgan fingerprint density at radius 3 is 2.81 bits per heavy atom. The van der Waals surface area contributed by atoms with Gasteiger partial charge in [-0.25, -0.2) is 0 Å². The Morgan fingerprint density at radius 2 is 2.19 bits per heavy atom. The van der Waals surface area contributed by atoms with Crippen LogP contribution in [-0.4, -0.2) is 20.0 Å². The quantitative estimate of drug-likeness (QED) is 0.849. The molecule has 0 saturated carbocycles. The lowest BCUT2D eigenvalue weighted by Gasteiger charge is -2.10. The molecule has 0 radical (unpaired) electrons. The summed E-state index contributed by atoms with van der Waals surface area (Å²) in [7, 11) is 1.77. The summed E-state index contributed by atoms with van der Waals surface area (Å²) in [6.07, 6.45) is -4.67. The van der Waals surface area contributed by atoms with E-state index in [1.54, 1.807) is 13.1 Å². The molecule has 0 amide bonds. The molecule has 1 heterocycles. The summed E-state index contributed by atoms with van der Waals surface area (Å²) >= 11 is 0. The van der Waals surface area contributed by atoms with Gasteiger partial charge in [0.1, 0.15) is 18.1 Å². The zero-order valence-corrected chi connectivity index (χ0v) is 8.47. The predicted octanol–water partition coefficient (Wildman–Crippen LogP) is 2.24. The Bertz CT molecular complexity index is 392. The van der Waals surface area contributed by atoms with Crippen molar-refractivity contribution in [2.75, 3.05) is 13.7 Å². The van der Waals surface area contributed by atoms with Gasteiger partial charge in [0.2, 0.25) is 0 Å². The van der Waals surface area contributed by atoms with Crippen molar-refractivity contribution in [3.8, 4) is 11.5 Å². The van der Waals surface area contributed by atoms with Crippen LogP contribution in [0.5, 0.6) is 11.5 Å². The van der Waals surface area contributed by atoms with Gasteiger partial charge in [-0.1, -0.05) is 0 Å². The van der Waals surface area contributed by atoms with E-state index in [1.807, 2.05) is 0 Å². The van der Waals surface area contributed by atoms with Gasteiger partial charge >= 0.3 is 6.36 Å². The van der Waals surface area contributed by atoms with Crippen molar-refractivity contribution < 1.29 is 22.6 Å². The third-order valence-electron chi connectivity index (χ3n) is 2.35. The fourth-order valence-electron chi connectivity index (χ4n) is 1.63. The molecular formula is C10H10F3NO2. The number of hydrogen-bond donors (Lipinski definition) is 1. The largest absolute Gasteiger partial charge is 0.573 e. The third-order valence-corrected chi connectivity index (χ3v) is 2.35. The van der Waals surface area contributed by atoms with Crippen LogP contribution < -0.4 is 14.8 Å². The topological polar surface area (TPSA) is 30.5 Å². The minimum Gasteiger partial charge on any atom is -0.491 e. The highest BCUT2D eigenvalue weighted by Crippen LogP contribution is 2.36. The first-order valence-corrected chi connectivity index (χ1v) is 4.69. The molecule has 88 valence electrons. The number of ether oxygens (including phenoxy) is 2. The maximum Gasteiger partial charge on any atom is 0.573 e. The Hall–Kier alpha value is -1.43. The summed E-state index contributed by atoms with van der Waals surface area (Å²) in [5.74, 6) is 0.170. The molecule has 0 saturated heterocycles. The van der Waals surface area contributed by atoms with Gasteiger partial charge in [0.05, 0.1) is 6.04 Å². The maximum absolute atomic E-state index is 12.0. The van der Waals surface area contributed by atoms with E-state index in [2.05, 4.69) is 10.1 Å². The number of likely N-dealkylation sites (N-methyl/N-ethyl adjacent to an activating group) is 1. The standard InChI is InChI=1S/C10H10F3NO2/c1-14-8-5-15-9-4-6(2-3-7(8)9)16-10(11,12)13/h2-4,8,14H,5H2,1H3. The highest BCUT2D eigenvalue weighted by molar-refractivity contribution is 5.45. The van der Waals surface area contributed by atoms with E-state index in [-0.39, 0.29) is 11.8 Å². The molecule has 1 aliphatic rings. The molecule has 2 rings (SSSR count). The number of hydrogen-bond acceptors (Lipinski definition) is 3. The van der Waals surface area contributed by atoms with Gasteiger partial charge in [0.25, 0.3) is 0 Å². The zero-order valence-electron chi connectivity index (χ0n) is 8.47. The van der Waals surface area contributed by atoms with Crippen molar-refractivity contribution in [1.29, 1.82) is 0 Å². The molecule has 6 heteroatoms. The van der Waals surface area contributed by atoms with Crippen LogP contribution in [0.4, 0.5) is 13.2 Å². The average molecular weight is 233 g/mol. The number of nitrogens with one attached hydrogen (secondary N) is 1. The zero-order chi connectivity index (χ0) is 11.8. The Labute approximate surface area is 90.2 Å². The van der Waals surface area contributed by atoms with E-state index >= 15 is 0 Å². The van der Waals surface area contributed by atoms with Crippen LogP contribution in [-0.2, 0) is 0 Å². The number of alkyl halides is 3. The SMILES string of the molecule is CNC1COc2cc(OC(F)(F)F)ccc21. The predicted molar refractivity (Wildman–Crippen MR) is 50.4 cm³/mol. The van der Waals surface area contributed by atoms with Gasteiger partial charge < -0.3 is 14.8 Å². The first-order chi connectivity index (χ1) is 7.49. The van der Waals surface area contributed by atoms with Gasteiger partial charge in [-0.15, -0.1) is 13.2 Å². The molecule has 1 aliphatic heterocycles. The minimum absolute atomic E-state index is 0.0231. The fraction of sp³-hybridized carbons (Fsp3) is 0.400. The number of benzene rings is 1. The summed E-state index contributed by atoms with van der Waals surface area (Å²) in [5, 5.41) is 3.00. The normalized spacial score (nSPS) is 19.1. The molecule has 1 aromatic rings. The van der Waals surface area contributed by atoms with Crippen LogP contribution >= 0.6 is 0 Å². The highest BCUT2D eigenvalue weighted by Gasteiger charge is 2.32. The van der Waals surface area contributed by atoms with Crippen molar-refractivity contribution in [2.24, 2.45) is 0 Å². The Kier molecular flexibility index (Phi) is 2.67. The van der Waals surface area contributed by atoms with E-state index in [4.69, 9.17) is 4.74 Å². The van der Waals surface area contributed by atoms with Crippen LogP contribution in [0, 0.1) is 0 Å². The van der Waals surface area contributed by atoms with Crippen molar-refractivity contribution in [2.45, 2.75) is 12.4 Å². The molecule has 1 N–H and O–H groups in total. The molecule has 1 aromatic carbocycles. The molecular weight excluding hydrogens is 223 g/mol. The number of fused-ring (bicyclic) bond motifs is 1. The minimum atomic E-state index is -4.67. The van der Waals surface area contributed by atoms with Gasteiger partial charge in [-0.3, -0.25) is 0 Å². The van der Waals surface area contributed by atoms with Crippen LogP contribution in [0.3, 0.4) is 0 Å². The highest BCUT2D eigenvalue weighted by atomic mass is 19.4.